The summed E-state index contributed by atoms with van der Waals surface area (Å²) in [6.07, 6.45) is 3.00. The van der Waals surface area contributed by atoms with E-state index >= 15 is 0 Å². The lowest BCUT2D eigenvalue weighted by Crippen LogP contribution is -2.33. The van der Waals surface area contributed by atoms with Gasteiger partial charge in [0, 0.05) is 11.1 Å². The quantitative estimate of drug-likeness (QED) is 0.891. The molecule has 1 N–H and O–H groups in total. The van der Waals surface area contributed by atoms with Gasteiger partial charge in [-0.2, -0.15) is 0 Å². The summed E-state index contributed by atoms with van der Waals surface area (Å²) in [5.41, 5.74) is -0.275. The van der Waals surface area contributed by atoms with Crippen LogP contribution in [0.3, 0.4) is 0 Å². The zero-order valence-electron chi connectivity index (χ0n) is 12.6. The topological polar surface area (TPSA) is 55.8 Å². The van der Waals surface area contributed by atoms with Gasteiger partial charge in [0.25, 0.3) is 0 Å². The molecule has 2 rings (SSSR count). The molecule has 1 aromatic carbocycles. The number of hydrogen-bond acceptors (Lipinski definition) is 3. The van der Waals surface area contributed by atoms with Gasteiger partial charge < -0.3 is 14.6 Å². The first-order chi connectivity index (χ1) is 9.90. The third kappa shape index (κ3) is 2.95. The van der Waals surface area contributed by atoms with Crippen molar-refractivity contribution in [2.24, 2.45) is 0 Å². The smallest absolute Gasteiger partial charge is 0.314 e. The first-order valence-electron chi connectivity index (χ1n) is 7.19. The number of halogens is 1. The molecule has 0 heterocycles. The molecule has 0 radical (unpaired) electrons. The summed E-state index contributed by atoms with van der Waals surface area (Å²) in [4.78, 5) is 11.8. The van der Waals surface area contributed by atoms with Crippen LogP contribution in [0.4, 0.5) is 0 Å². The Morgan fingerprint density at radius 1 is 1.29 bits per heavy atom. The van der Waals surface area contributed by atoms with Gasteiger partial charge in [-0.1, -0.05) is 24.4 Å². The molecule has 0 saturated heterocycles. The molecule has 0 bridgehead atoms. The van der Waals surface area contributed by atoms with Crippen LogP contribution in [-0.2, 0) is 10.2 Å². The Balaban J connectivity index is 2.52. The van der Waals surface area contributed by atoms with Gasteiger partial charge in [0.05, 0.1) is 18.6 Å². The average Bonchev–Trinajstić information content (AvgIpc) is 2.88. The van der Waals surface area contributed by atoms with Crippen LogP contribution in [0, 0.1) is 0 Å². The molecule has 1 aliphatic carbocycles. The second-order valence-electron chi connectivity index (χ2n) is 5.74. The maximum Gasteiger partial charge on any atom is 0.314 e. The van der Waals surface area contributed by atoms with Gasteiger partial charge in [0.15, 0.2) is 11.5 Å². The molecule has 4 nitrogen and oxygen atoms in total. The van der Waals surface area contributed by atoms with Gasteiger partial charge >= 0.3 is 5.97 Å². The van der Waals surface area contributed by atoms with Crippen LogP contribution in [0.5, 0.6) is 11.5 Å². The third-order valence-corrected chi connectivity index (χ3v) is 4.31. The van der Waals surface area contributed by atoms with Crippen molar-refractivity contribution in [1.29, 1.82) is 0 Å². The standard InChI is InChI=1S/C16H21ClO4/c1-10(2)21-14-9-12(17)11(8-13(14)20-3)16(15(18)19)6-4-5-7-16/h8-10H,4-7H2,1-3H3,(H,18,19). The lowest BCUT2D eigenvalue weighted by atomic mass is 9.79. The van der Waals surface area contributed by atoms with Crippen LogP contribution in [0.2, 0.25) is 5.02 Å². The van der Waals surface area contributed by atoms with Crippen molar-refractivity contribution in [1.82, 2.24) is 0 Å². The van der Waals surface area contributed by atoms with Crippen LogP contribution in [0.25, 0.3) is 0 Å². The maximum absolute atomic E-state index is 11.8. The van der Waals surface area contributed by atoms with Crippen molar-refractivity contribution in [3.8, 4) is 11.5 Å². The Morgan fingerprint density at radius 2 is 1.90 bits per heavy atom. The Morgan fingerprint density at radius 3 is 2.38 bits per heavy atom. The maximum atomic E-state index is 11.8. The number of aliphatic carboxylic acids is 1. The van der Waals surface area contributed by atoms with Gasteiger partial charge in [-0.15, -0.1) is 0 Å². The molecule has 0 amide bonds. The molecule has 1 saturated carbocycles. The summed E-state index contributed by atoms with van der Waals surface area (Å²) in [6, 6.07) is 3.39. The van der Waals surface area contributed by atoms with Crippen molar-refractivity contribution >= 4 is 17.6 Å². The normalized spacial score (nSPS) is 17.0. The molecule has 5 heteroatoms. The van der Waals surface area contributed by atoms with Crippen LogP contribution >= 0.6 is 11.6 Å². The molecule has 1 aromatic rings. The summed E-state index contributed by atoms with van der Waals surface area (Å²) < 4.78 is 11.0. The molecular formula is C16H21ClO4. The predicted octanol–water partition coefficient (Wildman–Crippen LogP) is 4.03. The average molecular weight is 313 g/mol. The van der Waals surface area contributed by atoms with Crippen LogP contribution in [-0.4, -0.2) is 24.3 Å². The van der Waals surface area contributed by atoms with E-state index in [1.807, 2.05) is 13.8 Å². The lowest BCUT2D eigenvalue weighted by Gasteiger charge is -2.27. The molecule has 0 unspecified atom stereocenters. The minimum absolute atomic E-state index is 0.0132. The van der Waals surface area contributed by atoms with Gasteiger partial charge in [-0.3, -0.25) is 4.79 Å². The Bertz CT molecular complexity index is 533. The number of carboxylic acids is 1. The first-order valence-corrected chi connectivity index (χ1v) is 7.56. The number of carboxylic acid groups (broad SMARTS) is 1. The number of benzene rings is 1. The van der Waals surface area contributed by atoms with E-state index in [1.165, 1.54) is 0 Å². The van der Waals surface area contributed by atoms with Crippen molar-refractivity contribution in [3.05, 3.63) is 22.7 Å². The van der Waals surface area contributed by atoms with Crippen LogP contribution in [0.15, 0.2) is 12.1 Å². The summed E-state index contributed by atoms with van der Waals surface area (Å²) in [6.45, 7) is 3.83. The SMILES string of the molecule is COc1cc(C2(C(=O)O)CCCC2)c(Cl)cc1OC(C)C. The first kappa shape index (κ1) is 16.0. The molecule has 0 atom stereocenters. The van der Waals surface area contributed by atoms with E-state index in [2.05, 4.69) is 0 Å². The van der Waals surface area contributed by atoms with E-state index < -0.39 is 11.4 Å². The highest BCUT2D eigenvalue weighted by Gasteiger charge is 2.44. The number of hydrogen-bond donors (Lipinski definition) is 1. The van der Waals surface area contributed by atoms with Crippen molar-refractivity contribution in [3.63, 3.8) is 0 Å². The van der Waals surface area contributed by atoms with Crippen molar-refractivity contribution in [2.45, 2.75) is 51.0 Å². The zero-order valence-corrected chi connectivity index (χ0v) is 13.4. The van der Waals surface area contributed by atoms with Gasteiger partial charge in [-0.05, 0) is 38.3 Å². The molecule has 1 fully saturated rings. The minimum atomic E-state index is -0.902. The predicted molar refractivity (Wildman–Crippen MR) is 81.5 cm³/mol. The largest absolute Gasteiger partial charge is 0.493 e. The highest BCUT2D eigenvalue weighted by Crippen LogP contribution is 2.47. The molecule has 0 aromatic heterocycles. The van der Waals surface area contributed by atoms with E-state index in [0.717, 1.165) is 12.8 Å². The molecule has 21 heavy (non-hydrogen) atoms. The Kier molecular flexibility index (Phi) is 4.67. The van der Waals surface area contributed by atoms with Gasteiger partial charge in [0.2, 0.25) is 0 Å². The molecule has 116 valence electrons. The number of methoxy groups -OCH3 is 1. The van der Waals surface area contributed by atoms with E-state index in [1.54, 1.807) is 19.2 Å². The number of carbonyl (C=O) groups is 1. The highest BCUT2D eigenvalue weighted by atomic mass is 35.5. The van der Waals surface area contributed by atoms with Crippen LogP contribution in [0.1, 0.15) is 45.1 Å². The van der Waals surface area contributed by atoms with Crippen molar-refractivity contribution in [2.75, 3.05) is 7.11 Å². The fraction of sp³-hybridized carbons (Fsp3) is 0.562. The van der Waals surface area contributed by atoms with E-state index in [9.17, 15) is 9.90 Å². The van der Waals surface area contributed by atoms with Gasteiger partial charge in [-0.25, -0.2) is 0 Å². The summed E-state index contributed by atoms with van der Waals surface area (Å²) in [5.74, 6) is 0.247. The summed E-state index contributed by atoms with van der Waals surface area (Å²) in [5, 5.41) is 10.1. The summed E-state index contributed by atoms with van der Waals surface area (Å²) in [7, 11) is 1.54. The number of ether oxygens (including phenoxy) is 2. The van der Waals surface area contributed by atoms with Crippen molar-refractivity contribution < 1.29 is 19.4 Å². The zero-order chi connectivity index (χ0) is 15.6. The minimum Gasteiger partial charge on any atom is -0.493 e. The van der Waals surface area contributed by atoms with Crippen LogP contribution < -0.4 is 9.47 Å². The Hall–Kier alpha value is -1.42. The molecule has 0 spiro atoms. The molecule has 1 aliphatic rings. The second-order valence-corrected chi connectivity index (χ2v) is 6.15. The number of rotatable bonds is 5. The fourth-order valence-corrected chi connectivity index (χ4v) is 3.32. The monoisotopic (exact) mass is 312 g/mol. The molecular weight excluding hydrogens is 292 g/mol. The molecule has 0 aliphatic heterocycles. The summed E-state index contributed by atoms with van der Waals surface area (Å²) >= 11 is 6.36. The Labute approximate surface area is 130 Å². The fourth-order valence-electron chi connectivity index (χ4n) is 2.98. The highest BCUT2D eigenvalue weighted by molar-refractivity contribution is 6.32. The third-order valence-electron chi connectivity index (χ3n) is 4.00. The van der Waals surface area contributed by atoms with E-state index in [-0.39, 0.29) is 6.10 Å². The lowest BCUT2D eigenvalue weighted by molar-refractivity contribution is -0.143. The van der Waals surface area contributed by atoms with Gasteiger partial charge in [0.1, 0.15) is 0 Å². The van der Waals surface area contributed by atoms with E-state index in [0.29, 0.717) is 34.9 Å². The second kappa shape index (κ2) is 6.14. The van der Waals surface area contributed by atoms with E-state index in [4.69, 9.17) is 21.1 Å².